The maximum Gasteiger partial charge on any atom is 0.233 e. The number of aryl methyl sites for hydroxylation is 1. The molecule has 1 aliphatic rings. The lowest BCUT2D eigenvalue weighted by atomic mass is 10.1. The topological polar surface area (TPSA) is 20.3 Å². The van der Waals surface area contributed by atoms with Crippen molar-refractivity contribution in [2.75, 3.05) is 12.8 Å². The quantitative estimate of drug-likeness (QED) is 0.793. The molecule has 114 valence electrons. The van der Waals surface area contributed by atoms with E-state index in [1.54, 1.807) is 12.1 Å². The Kier molecular flexibility index (Phi) is 4.48. The minimum Gasteiger partial charge on any atom is -0.338 e. The van der Waals surface area contributed by atoms with E-state index in [9.17, 15) is 9.18 Å². The second-order valence-electron chi connectivity index (χ2n) is 5.50. The highest BCUT2D eigenvalue weighted by Crippen LogP contribution is 2.35. The van der Waals surface area contributed by atoms with Crippen LogP contribution in [0.5, 0.6) is 0 Å². The first kappa shape index (κ1) is 15.1. The molecule has 0 N–H and O–H groups in total. The van der Waals surface area contributed by atoms with Crippen molar-refractivity contribution in [1.29, 1.82) is 0 Å². The van der Waals surface area contributed by atoms with Gasteiger partial charge in [0.25, 0.3) is 0 Å². The average Bonchev–Trinajstić information content (AvgIpc) is 2.97. The van der Waals surface area contributed by atoms with Crippen molar-refractivity contribution in [3.05, 3.63) is 65.5 Å². The van der Waals surface area contributed by atoms with E-state index in [-0.39, 0.29) is 17.8 Å². The third kappa shape index (κ3) is 3.17. The molecule has 1 amide bonds. The normalized spacial score (nSPS) is 16.4. The summed E-state index contributed by atoms with van der Waals surface area (Å²) in [6.45, 7) is 0. The van der Waals surface area contributed by atoms with E-state index in [0.717, 1.165) is 17.7 Å². The van der Waals surface area contributed by atoms with E-state index in [1.165, 1.54) is 35.0 Å². The van der Waals surface area contributed by atoms with Gasteiger partial charge in [0, 0.05) is 11.9 Å². The van der Waals surface area contributed by atoms with E-state index in [0.29, 0.717) is 5.75 Å². The van der Waals surface area contributed by atoms with E-state index in [4.69, 9.17) is 0 Å². The van der Waals surface area contributed by atoms with Crippen LogP contribution in [0.25, 0.3) is 0 Å². The Bertz CT molecular complexity index is 671. The molecule has 3 rings (SSSR count). The van der Waals surface area contributed by atoms with Crippen molar-refractivity contribution in [2.24, 2.45) is 0 Å². The summed E-state index contributed by atoms with van der Waals surface area (Å²) in [5.74, 6) is 0.229. The molecule has 22 heavy (non-hydrogen) atoms. The maximum atomic E-state index is 12.9. The van der Waals surface area contributed by atoms with Crippen molar-refractivity contribution in [2.45, 2.75) is 23.8 Å². The van der Waals surface area contributed by atoms with Crippen LogP contribution in [-0.2, 0) is 11.2 Å². The highest BCUT2D eigenvalue weighted by molar-refractivity contribution is 8.00. The fourth-order valence-corrected chi connectivity index (χ4v) is 3.71. The molecular formula is C18H18FNOS. The molecule has 0 aliphatic heterocycles. The van der Waals surface area contributed by atoms with Crippen LogP contribution in [0.3, 0.4) is 0 Å². The summed E-state index contributed by atoms with van der Waals surface area (Å²) in [5, 5.41) is 0. The van der Waals surface area contributed by atoms with Gasteiger partial charge in [0.15, 0.2) is 0 Å². The number of benzene rings is 2. The van der Waals surface area contributed by atoms with Crippen molar-refractivity contribution in [1.82, 2.24) is 4.90 Å². The molecule has 0 saturated heterocycles. The van der Waals surface area contributed by atoms with Gasteiger partial charge in [0.05, 0.1) is 11.8 Å². The lowest BCUT2D eigenvalue weighted by molar-refractivity contribution is -0.129. The fraction of sp³-hybridized carbons (Fsp3) is 0.278. The minimum atomic E-state index is -0.254. The van der Waals surface area contributed by atoms with Gasteiger partial charge in [0.2, 0.25) is 5.91 Å². The molecule has 0 bridgehead atoms. The number of nitrogens with zero attached hydrogens (tertiary/aromatic N) is 1. The van der Waals surface area contributed by atoms with Crippen LogP contribution in [0.1, 0.15) is 23.6 Å². The molecule has 1 atom stereocenters. The van der Waals surface area contributed by atoms with E-state index in [1.807, 2.05) is 24.1 Å². The molecule has 2 aromatic carbocycles. The van der Waals surface area contributed by atoms with Crippen molar-refractivity contribution in [3.63, 3.8) is 0 Å². The number of halogens is 1. The van der Waals surface area contributed by atoms with Crippen LogP contribution in [0, 0.1) is 5.82 Å². The summed E-state index contributed by atoms with van der Waals surface area (Å²) in [7, 11) is 1.88. The number of hydrogen-bond acceptors (Lipinski definition) is 2. The molecule has 1 aliphatic carbocycles. The lowest BCUT2D eigenvalue weighted by Crippen LogP contribution is -2.31. The molecule has 2 aromatic rings. The molecule has 0 heterocycles. The molecule has 0 spiro atoms. The zero-order chi connectivity index (χ0) is 15.5. The van der Waals surface area contributed by atoms with E-state index >= 15 is 0 Å². The van der Waals surface area contributed by atoms with Gasteiger partial charge in [-0.3, -0.25) is 4.79 Å². The number of amides is 1. The molecule has 2 nitrogen and oxygen atoms in total. The molecule has 4 heteroatoms. The highest BCUT2D eigenvalue weighted by atomic mass is 32.2. The Labute approximate surface area is 134 Å². The summed E-state index contributed by atoms with van der Waals surface area (Å²) in [6, 6.07) is 14.8. The average molecular weight is 315 g/mol. The Morgan fingerprint density at radius 2 is 1.95 bits per heavy atom. The maximum absolute atomic E-state index is 12.9. The first-order valence-corrected chi connectivity index (χ1v) is 8.35. The van der Waals surface area contributed by atoms with Crippen molar-refractivity contribution < 1.29 is 9.18 Å². The summed E-state index contributed by atoms with van der Waals surface area (Å²) < 4.78 is 12.9. The number of fused-ring (bicyclic) bond motifs is 1. The predicted molar refractivity (Wildman–Crippen MR) is 87.4 cm³/mol. The van der Waals surface area contributed by atoms with Gasteiger partial charge in [-0.25, -0.2) is 4.39 Å². The SMILES string of the molecule is CN(C(=O)CSc1ccc(F)cc1)[C@H]1CCc2ccccc21. The first-order chi connectivity index (χ1) is 10.6. The number of thioether (sulfide) groups is 1. The zero-order valence-electron chi connectivity index (χ0n) is 12.5. The third-order valence-electron chi connectivity index (χ3n) is 4.14. The number of rotatable bonds is 4. The first-order valence-electron chi connectivity index (χ1n) is 7.37. The van der Waals surface area contributed by atoms with Gasteiger partial charge in [0.1, 0.15) is 5.82 Å². The Morgan fingerprint density at radius 3 is 2.73 bits per heavy atom. The van der Waals surface area contributed by atoms with Gasteiger partial charge in [-0.1, -0.05) is 24.3 Å². The predicted octanol–water partition coefficient (Wildman–Crippen LogP) is 4.06. The van der Waals surface area contributed by atoms with Crippen LogP contribution in [0.2, 0.25) is 0 Å². The molecular weight excluding hydrogens is 297 g/mol. The summed E-state index contributed by atoms with van der Waals surface area (Å²) in [4.78, 5) is 15.2. The van der Waals surface area contributed by atoms with Crippen LogP contribution >= 0.6 is 11.8 Å². The second kappa shape index (κ2) is 6.53. The lowest BCUT2D eigenvalue weighted by Gasteiger charge is -2.25. The van der Waals surface area contributed by atoms with Crippen molar-refractivity contribution >= 4 is 17.7 Å². The Morgan fingerprint density at radius 1 is 1.23 bits per heavy atom. The summed E-state index contributed by atoms with van der Waals surface area (Å²) in [6.07, 6.45) is 2.02. The largest absolute Gasteiger partial charge is 0.338 e. The number of carbonyl (C=O) groups is 1. The van der Waals surface area contributed by atoms with Gasteiger partial charge in [-0.05, 0) is 48.2 Å². The van der Waals surface area contributed by atoms with Crippen LogP contribution in [0.15, 0.2) is 53.4 Å². The van der Waals surface area contributed by atoms with Gasteiger partial charge < -0.3 is 4.90 Å². The van der Waals surface area contributed by atoms with Crippen LogP contribution in [-0.4, -0.2) is 23.6 Å². The fourth-order valence-electron chi connectivity index (χ4n) is 2.89. The smallest absolute Gasteiger partial charge is 0.233 e. The van der Waals surface area contributed by atoms with E-state index in [2.05, 4.69) is 12.1 Å². The third-order valence-corrected chi connectivity index (χ3v) is 5.13. The van der Waals surface area contributed by atoms with Gasteiger partial charge >= 0.3 is 0 Å². The molecule has 0 saturated carbocycles. The summed E-state index contributed by atoms with van der Waals surface area (Å²) in [5.41, 5.74) is 2.61. The minimum absolute atomic E-state index is 0.107. The Balaban J connectivity index is 1.62. The van der Waals surface area contributed by atoms with Gasteiger partial charge in [-0.15, -0.1) is 11.8 Å². The zero-order valence-corrected chi connectivity index (χ0v) is 13.3. The second-order valence-corrected chi connectivity index (χ2v) is 6.55. The number of hydrogen-bond donors (Lipinski definition) is 0. The van der Waals surface area contributed by atoms with E-state index < -0.39 is 0 Å². The molecule has 0 radical (unpaired) electrons. The molecule has 0 aromatic heterocycles. The molecule has 0 unspecified atom stereocenters. The van der Waals surface area contributed by atoms with Gasteiger partial charge in [-0.2, -0.15) is 0 Å². The van der Waals surface area contributed by atoms with Crippen LogP contribution in [0.4, 0.5) is 4.39 Å². The van der Waals surface area contributed by atoms with Crippen LogP contribution < -0.4 is 0 Å². The van der Waals surface area contributed by atoms with Crippen molar-refractivity contribution in [3.8, 4) is 0 Å². The highest BCUT2D eigenvalue weighted by Gasteiger charge is 2.28. The summed E-state index contributed by atoms with van der Waals surface area (Å²) >= 11 is 1.45. The Hall–Kier alpha value is -1.81. The number of carbonyl (C=O) groups excluding carboxylic acids is 1. The monoisotopic (exact) mass is 315 g/mol. The standard InChI is InChI=1S/C18H18FNOS/c1-20(17-11-6-13-4-2-3-5-16(13)17)18(21)12-22-15-9-7-14(19)8-10-15/h2-5,7-10,17H,6,11-12H2,1H3/t17-/m0/s1. The molecule has 0 fully saturated rings.